The van der Waals surface area contributed by atoms with Gasteiger partial charge in [-0.25, -0.2) is 0 Å². The first-order valence-corrected chi connectivity index (χ1v) is 7.75. The topological polar surface area (TPSA) is 20.3 Å². The van der Waals surface area contributed by atoms with E-state index in [1.165, 1.54) is 25.7 Å². The lowest BCUT2D eigenvalue weighted by Gasteiger charge is -2.33. The van der Waals surface area contributed by atoms with Crippen LogP contribution in [-0.2, 0) is 4.79 Å². The van der Waals surface area contributed by atoms with Crippen molar-refractivity contribution in [3.8, 4) is 0 Å². The molecule has 1 aliphatic carbocycles. The van der Waals surface area contributed by atoms with E-state index in [1.807, 2.05) is 0 Å². The summed E-state index contributed by atoms with van der Waals surface area (Å²) >= 11 is 0. The van der Waals surface area contributed by atoms with E-state index in [2.05, 4.69) is 25.7 Å². The van der Waals surface area contributed by atoms with E-state index in [9.17, 15) is 4.79 Å². The third-order valence-corrected chi connectivity index (χ3v) is 4.95. The molecule has 1 heterocycles. The van der Waals surface area contributed by atoms with Crippen LogP contribution in [0.4, 0.5) is 0 Å². The summed E-state index contributed by atoms with van der Waals surface area (Å²) in [5.74, 6) is 1.33. The van der Waals surface area contributed by atoms with Crippen molar-refractivity contribution in [3.63, 3.8) is 0 Å². The van der Waals surface area contributed by atoms with Gasteiger partial charge in [0.2, 0.25) is 0 Å². The number of carbonyl (C=O) groups is 1. The maximum Gasteiger partial charge on any atom is 0.149 e. The second-order valence-electron chi connectivity index (χ2n) is 7.26. The highest BCUT2D eigenvalue weighted by Crippen LogP contribution is 2.35. The molecule has 2 atom stereocenters. The van der Waals surface area contributed by atoms with Crippen LogP contribution in [-0.4, -0.2) is 29.8 Å². The molecule has 2 fully saturated rings. The predicted molar refractivity (Wildman–Crippen MR) is 75.6 cm³/mol. The van der Waals surface area contributed by atoms with Crippen molar-refractivity contribution in [2.75, 3.05) is 13.1 Å². The fraction of sp³-hybridized carbons (Fsp3) is 0.938. The van der Waals surface area contributed by atoms with Crippen LogP contribution in [0.15, 0.2) is 0 Å². The molecule has 1 saturated carbocycles. The van der Waals surface area contributed by atoms with Crippen LogP contribution in [0.1, 0.15) is 65.7 Å². The van der Waals surface area contributed by atoms with E-state index in [-0.39, 0.29) is 6.04 Å². The molecule has 0 radical (unpaired) electrons. The molecular weight excluding hydrogens is 222 g/mol. The Bertz CT molecular complexity index is 292. The summed E-state index contributed by atoms with van der Waals surface area (Å²) in [6.07, 6.45) is 8.17. The van der Waals surface area contributed by atoms with Gasteiger partial charge in [0, 0.05) is 6.42 Å². The van der Waals surface area contributed by atoms with E-state index in [0.717, 1.165) is 38.3 Å². The Labute approximate surface area is 112 Å². The number of hydrogen-bond donors (Lipinski definition) is 0. The average Bonchev–Trinajstić information content (AvgIpc) is 2.54. The quantitative estimate of drug-likeness (QED) is 0.709. The number of carbonyl (C=O) groups excluding carboxylic acids is 1. The molecule has 2 aliphatic rings. The second kappa shape index (κ2) is 5.73. The number of likely N-dealkylation sites (tertiary alicyclic amines) is 1. The summed E-state index contributed by atoms with van der Waals surface area (Å²) in [5, 5.41) is 0. The standard InChI is InChI=1S/C16H29NO/c1-16(2,3)13-7-6-11-17(12-10-13)14-8-4-5-9-15(14)18/h13-14H,4-12H2,1-3H3. The minimum Gasteiger partial charge on any atom is -0.298 e. The van der Waals surface area contributed by atoms with Gasteiger partial charge in [-0.15, -0.1) is 0 Å². The monoisotopic (exact) mass is 251 g/mol. The Hall–Kier alpha value is -0.370. The van der Waals surface area contributed by atoms with Gasteiger partial charge in [-0.2, -0.15) is 0 Å². The van der Waals surface area contributed by atoms with E-state index in [0.29, 0.717) is 11.2 Å². The Morgan fingerprint density at radius 1 is 1.00 bits per heavy atom. The average molecular weight is 251 g/mol. The second-order valence-corrected chi connectivity index (χ2v) is 7.26. The fourth-order valence-electron chi connectivity index (χ4n) is 3.65. The maximum atomic E-state index is 12.0. The van der Waals surface area contributed by atoms with Crippen molar-refractivity contribution in [1.82, 2.24) is 4.90 Å². The summed E-state index contributed by atoms with van der Waals surface area (Å²) in [4.78, 5) is 14.5. The third-order valence-electron chi connectivity index (χ3n) is 4.95. The summed E-state index contributed by atoms with van der Waals surface area (Å²) in [6.45, 7) is 9.36. The van der Waals surface area contributed by atoms with Gasteiger partial charge in [-0.05, 0) is 56.5 Å². The van der Waals surface area contributed by atoms with Crippen molar-refractivity contribution >= 4 is 5.78 Å². The molecule has 2 rings (SSSR count). The number of rotatable bonds is 1. The molecule has 2 unspecified atom stereocenters. The largest absolute Gasteiger partial charge is 0.298 e. The van der Waals surface area contributed by atoms with Crippen molar-refractivity contribution in [2.24, 2.45) is 11.3 Å². The molecule has 1 aliphatic heterocycles. The molecule has 0 bridgehead atoms. The van der Waals surface area contributed by atoms with Gasteiger partial charge in [0.15, 0.2) is 0 Å². The first-order valence-electron chi connectivity index (χ1n) is 7.75. The zero-order chi connectivity index (χ0) is 13.2. The normalized spacial score (nSPS) is 32.3. The molecule has 0 aromatic heterocycles. The summed E-state index contributed by atoms with van der Waals surface area (Å²) in [7, 11) is 0. The minimum atomic E-state index is 0.262. The lowest BCUT2D eigenvalue weighted by molar-refractivity contribution is -0.126. The molecule has 2 heteroatoms. The van der Waals surface area contributed by atoms with Crippen molar-refractivity contribution < 1.29 is 4.79 Å². The lowest BCUT2D eigenvalue weighted by atomic mass is 9.77. The summed E-state index contributed by atoms with van der Waals surface area (Å²) in [6, 6.07) is 0.262. The molecule has 0 N–H and O–H groups in total. The van der Waals surface area contributed by atoms with Crippen molar-refractivity contribution in [1.29, 1.82) is 0 Å². The third kappa shape index (κ3) is 3.34. The number of nitrogens with zero attached hydrogens (tertiary/aromatic N) is 1. The predicted octanol–water partition coefficient (Wildman–Crippen LogP) is 3.65. The number of hydrogen-bond acceptors (Lipinski definition) is 2. The van der Waals surface area contributed by atoms with Crippen LogP contribution in [0, 0.1) is 11.3 Å². The van der Waals surface area contributed by atoms with Crippen LogP contribution in [0.3, 0.4) is 0 Å². The lowest BCUT2D eigenvalue weighted by Crippen LogP contribution is -2.43. The van der Waals surface area contributed by atoms with Gasteiger partial charge >= 0.3 is 0 Å². The molecule has 0 amide bonds. The molecule has 0 aromatic rings. The minimum absolute atomic E-state index is 0.262. The molecule has 0 spiro atoms. The SMILES string of the molecule is CC(C)(C)C1CCCN(C2CCCCC2=O)CC1. The van der Waals surface area contributed by atoms with Crippen molar-refractivity contribution in [3.05, 3.63) is 0 Å². The Balaban J connectivity index is 1.94. The smallest absolute Gasteiger partial charge is 0.149 e. The van der Waals surface area contributed by atoms with Crippen LogP contribution < -0.4 is 0 Å². The van der Waals surface area contributed by atoms with Gasteiger partial charge in [-0.1, -0.05) is 27.2 Å². The van der Waals surface area contributed by atoms with E-state index >= 15 is 0 Å². The summed E-state index contributed by atoms with van der Waals surface area (Å²) in [5.41, 5.74) is 0.423. The Kier molecular flexibility index (Phi) is 4.47. The molecular formula is C16H29NO. The molecule has 0 aromatic carbocycles. The Morgan fingerprint density at radius 3 is 2.44 bits per heavy atom. The van der Waals surface area contributed by atoms with Crippen LogP contribution in [0.25, 0.3) is 0 Å². The van der Waals surface area contributed by atoms with Crippen LogP contribution >= 0.6 is 0 Å². The van der Waals surface area contributed by atoms with Gasteiger partial charge in [0.05, 0.1) is 6.04 Å². The molecule has 1 saturated heterocycles. The van der Waals surface area contributed by atoms with Gasteiger partial charge in [0.1, 0.15) is 5.78 Å². The van der Waals surface area contributed by atoms with E-state index in [1.54, 1.807) is 0 Å². The zero-order valence-corrected chi connectivity index (χ0v) is 12.4. The molecule has 18 heavy (non-hydrogen) atoms. The van der Waals surface area contributed by atoms with E-state index in [4.69, 9.17) is 0 Å². The number of ketones is 1. The fourth-order valence-corrected chi connectivity index (χ4v) is 3.65. The van der Waals surface area contributed by atoms with Crippen LogP contribution in [0.2, 0.25) is 0 Å². The zero-order valence-electron chi connectivity index (χ0n) is 12.4. The molecule has 104 valence electrons. The van der Waals surface area contributed by atoms with Gasteiger partial charge in [0.25, 0.3) is 0 Å². The van der Waals surface area contributed by atoms with Gasteiger partial charge in [-0.3, -0.25) is 9.69 Å². The highest BCUT2D eigenvalue weighted by Gasteiger charge is 2.32. The Morgan fingerprint density at radius 2 is 1.78 bits per heavy atom. The highest BCUT2D eigenvalue weighted by atomic mass is 16.1. The van der Waals surface area contributed by atoms with Gasteiger partial charge < -0.3 is 0 Å². The highest BCUT2D eigenvalue weighted by molar-refractivity contribution is 5.84. The van der Waals surface area contributed by atoms with E-state index < -0.39 is 0 Å². The van der Waals surface area contributed by atoms with Crippen LogP contribution in [0.5, 0.6) is 0 Å². The summed E-state index contributed by atoms with van der Waals surface area (Å²) < 4.78 is 0. The first kappa shape index (κ1) is 14.0. The maximum absolute atomic E-state index is 12.0. The molecule has 2 nitrogen and oxygen atoms in total. The first-order chi connectivity index (χ1) is 8.48. The number of Topliss-reactive ketones (excluding diaryl/α,β-unsaturated/α-hetero) is 1. The van der Waals surface area contributed by atoms with Crippen molar-refractivity contribution in [2.45, 2.75) is 71.8 Å².